The molecule has 5 rings (SSSR count). The van der Waals surface area contributed by atoms with E-state index in [1.807, 2.05) is 96.5 Å². The molecule has 0 aliphatic heterocycles. The summed E-state index contributed by atoms with van der Waals surface area (Å²) in [6, 6.07) is 27.6. The van der Waals surface area contributed by atoms with Gasteiger partial charge in [0.15, 0.2) is 0 Å². The summed E-state index contributed by atoms with van der Waals surface area (Å²) in [4.78, 5) is 19.0. The van der Waals surface area contributed by atoms with Gasteiger partial charge in [-0.2, -0.15) is 0 Å². The fourth-order valence-electron chi connectivity index (χ4n) is 3.92. The van der Waals surface area contributed by atoms with Crippen molar-refractivity contribution in [1.82, 2.24) is 19.6 Å². The van der Waals surface area contributed by atoms with E-state index in [4.69, 9.17) is 4.52 Å². The van der Waals surface area contributed by atoms with Gasteiger partial charge in [0.05, 0.1) is 11.0 Å². The van der Waals surface area contributed by atoms with Gasteiger partial charge in [-0.05, 0) is 42.8 Å². The van der Waals surface area contributed by atoms with Crippen molar-refractivity contribution in [3.05, 3.63) is 103 Å². The van der Waals surface area contributed by atoms with Crippen LogP contribution in [0.1, 0.15) is 22.5 Å². The van der Waals surface area contributed by atoms with Crippen LogP contribution >= 0.6 is 0 Å². The Balaban J connectivity index is 1.18. The number of para-hydroxylation sites is 2. The molecule has 2 heterocycles. The molecule has 0 unspecified atom stereocenters. The molecule has 0 fully saturated rings. The van der Waals surface area contributed by atoms with Crippen molar-refractivity contribution in [2.45, 2.75) is 12.8 Å². The third-order valence-electron chi connectivity index (χ3n) is 5.74. The van der Waals surface area contributed by atoms with Gasteiger partial charge in [0.1, 0.15) is 17.8 Å². The SMILES string of the molecule is CN(CCCc1cc(-c2ccccc2)no1)C(=O)c1ccc(-n2cnc3ccccc32)cc1. The van der Waals surface area contributed by atoms with Crippen molar-refractivity contribution in [2.75, 3.05) is 13.6 Å². The molecule has 6 nitrogen and oxygen atoms in total. The smallest absolute Gasteiger partial charge is 0.253 e. The van der Waals surface area contributed by atoms with Crippen LogP contribution in [0, 0.1) is 0 Å². The first-order chi connectivity index (χ1) is 16.2. The van der Waals surface area contributed by atoms with Gasteiger partial charge in [0, 0.05) is 42.9 Å². The second-order valence-corrected chi connectivity index (χ2v) is 8.02. The highest BCUT2D eigenvalue weighted by atomic mass is 16.5. The summed E-state index contributed by atoms with van der Waals surface area (Å²) in [5.74, 6) is 0.825. The van der Waals surface area contributed by atoms with Gasteiger partial charge in [-0.1, -0.05) is 47.6 Å². The molecule has 3 aromatic carbocycles. The summed E-state index contributed by atoms with van der Waals surface area (Å²) in [7, 11) is 1.83. The van der Waals surface area contributed by atoms with E-state index in [0.29, 0.717) is 12.1 Å². The largest absolute Gasteiger partial charge is 0.361 e. The first-order valence-corrected chi connectivity index (χ1v) is 11.0. The van der Waals surface area contributed by atoms with Crippen molar-refractivity contribution < 1.29 is 9.32 Å². The second kappa shape index (κ2) is 9.12. The molecule has 0 aliphatic rings. The number of amides is 1. The van der Waals surface area contributed by atoms with E-state index < -0.39 is 0 Å². The van der Waals surface area contributed by atoms with Gasteiger partial charge in [-0.25, -0.2) is 4.98 Å². The lowest BCUT2D eigenvalue weighted by molar-refractivity contribution is 0.0793. The predicted molar refractivity (Wildman–Crippen MR) is 128 cm³/mol. The Kier molecular flexibility index (Phi) is 5.72. The molecule has 0 saturated heterocycles. The first kappa shape index (κ1) is 20.7. The predicted octanol–water partition coefficient (Wildman–Crippen LogP) is 5.39. The minimum Gasteiger partial charge on any atom is -0.361 e. The van der Waals surface area contributed by atoms with E-state index in [9.17, 15) is 4.79 Å². The number of aromatic nitrogens is 3. The molecule has 1 amide bonds. The van der Waals surface area contributed by atoms with E-state index in [2.05, 4.69) is 10.1 Å². The molecule has 33 heavy (non-hydrogen) atoms. The Morgan fingerprint density at radius 2 is 1.73 bits per heavy atom. The topological polar surface area (TPSA) is 64.2 Å². The standard InChI is InChI=1S/C27H24N4O2/c1-30(17-7-10-23-18-25(29-33-23)20-8-3-2-4-9-20)27(32)21-13-15-22(16-14-21)31-19-28-24-11-5-6-12-26(24)31/h2-6,8-9,11-16,18-19H,7,10,17H2,1H3. The fraction of sp³-hybridized carbons (Fsp3) is 0.148. The minimum absolute atomic E-state index is 0.000386. The summed E-state index contributed by atoms with van der Waals surface area (Å²) in [6.07, 6.45) is 3.33. The van der Waals surface area contributed by atoms with Gasteiger partial charge in [0.2, 0.25) is 0 Å². The third-order valence-corrected chi connectivity index (χ3v) is 5.74. The average molecular weight is 437 g/mol. The molecule has 0 saturated carbocycles. The average Bonchev–Trinajstić information content (AvgIpc) is 3.52. The number of imidazole rings is 1. The van der Waals surface area contributed by atoms with Crippen molar-refractivity contribution in [3.8, 4) is 16.9 Å². The Labute approximate surface area is 192 Å². The van der Waals surface area contributed by atoms with Crippen LogP contribution < -0.4 is 0 Å². The monoisotopic (exact) mass is 436 g/mol. The minimum atomic E-state index is -0.000386. The van der Waals surface area contributed by atoms with Gasteiger partial charge < -0.3 is 9.42 Å². The molecule has 0 atom stereocenters. The number of carbonyl (C=O) groups excluding carboxylic acids is 1. The quantitative estimate of drug-likeness (QED) is 0.343. The zero-order valence-corrected chi connectivity index (χ0v) is 18.4. The molecule has 0 radical (unpaired) electrons. The van der Waals surface area contributed by atoms with Crippen LogP contribution in [0.15, 0.2) is 95.8 Å². The molecule has 6 heteroatoms. The highest BCUT2D eigenvalue weighted by Gasteiger charge is 2.13. The number of nitrogens with zero attached hydrogens (tertiary/aromatic N) is 4. The van der Waals surface area contributed by atoms with Gasteiger partial charge >= 0.3 is 0 Å². The van der Waals surface area contributed by atoms with Crippen LogP contribution in [0.3, 0.4) is 0 Å². The zero-order valence-electron chi connectivity index (χ0n) is 18.4. The molecule has 0 aliphatic carbocycles. The van der Waals surface area contributed by atoms with Gasteiger partial charge in [0.25, 0.3) is 5.91 Å². The number of hydrogen-bond donors (Lipinski definition) is 0. The molecular weight excluding hydrogens is 412 g/mol. The highest BCUT2D eigenvalue weighted by Crippen LogP contribution is 2.20. The van der Waals surface area contributed by atoms with E-state index >= 15 is 0 Å². The number of aryl methyl sites for hydroxylation is 1. The van der Waals surface area contributed by atoms with Crippen molar-refractivity contribution >= 4 is 16.9 Å². The summed E-state index contributed by atoms with van der Waals surface area (Å²) in [5, 5.41) is 4.15. The number of carbonyl (C=O) groups is 1. The second-order valence-electron chi connectivity index (χ2n) is 8.02. The van der Waals surface area contributed by atoms with Crippen molar-refractivity contribution in [2.24, 2.45) is 0 Å². The molecular formula is C27H24N4O2. The Bertz CT molecular complexity index is 1370. The maximum atomic E-state index is 12.9. The molecule has 0 spiro atoms. The van der Waals surface area contributed by atoms with Crippen molar-refractivity contribution in [3.63, 3.8) is 0 Å². The number of hydrogen-bond acceptors (Lipinski definition) is 4. The Morgan fingerprint density at radius 1 is 0.970 bits per heavy atom. The summed E-state index contributed by atoms with van der Waals surface area (Å²) < 4.78 is 7.49. The van der Waals surface area contributed by atoms with Crippen LogP contribution in [-0.2, 0) is 6.42 Å². The lowest BCUT2D eigenvalue weighted by Crippen LogP contribution is -2.28. The lowest BCUT2D eigenvalue weighted by atomic mass is 10.1. The van der Waals surface area contributed by atoms with Crippen LogP contribution in [0.4, 0.5) is 0 Å². The van der Waals surface area contributed by atoms with E-state index in [1.165, 1.54) is 0 Å². The van der Waals surface area contributed by atoms with E-state index in [-0.39, 0.29) is 5.91 Å². The van der Waals surface area contributed by atoms with E-state index in [1.54, 1.807) is 11.2 Å². The lowest BCUT2D eigenvalue weighted by Gasteiger charge is -2.17. The Hall–Kier alpha value is -4.19. The van der Waals surface area contributed by atoms with E-state index in [0.717, 1.165) is 46.6 Å². The maximum Gasteiger partial charge on any atom is 0.253 e. The molecule has 0 bridgehead atoms. The molecule has 164 valence electrons. The van der Waals surface area contributed by atoms with Gasteiger partial charge in [-0.15, -0.1) is 0 Å². The van der Waals surface area contributed by atoms with Crippen LogP contribution in [-0.4, -0.2) is 39.1 Å². The van der Waals surface area contributed by atoms with Crippen LogP contribution in [0.5, 0.6) is 0 Å². The zero-order chi connectivity index (χ0) is 22.6. The molecule has 0 N–H and O–H groups in total. The summed E-state index contributed by atoms with van der Waals surface area (Å²) in [6.45, 7) is 0.633. The number of rotatable bonds is 7. The first-order valence-electron chi connectivity index (χ1n) is 11.0. The van der Waals surface area contributed by atoms with Crippen molar-refractivity contribution in [1.29, 1.82) is 0 Å². The summed E-state index contributed by atoms with van der Waals surface area (Å²) >= 11 is 0. The van der Waals surface area contributed by atoms with Gasteiger partial charge in [-0.3, -0.25) is 9.36 Å². The normalized spacial score (nSPS) is 11.1. The fourth-order valence-corrected chi connectivity index (χ4v) is 3.92. The third kappa shape index (κ3) is 4.41. The molecule has 5 aromatic rings. The summed E-state index contributed by atoms with van der Waals surface area (Å²) in [5.41, 5.74) is 5.49. The number of fused-ring (bicyclic) bond motifs is 1. The van der Waals surface area contributed by atoms with Crippen LogP contribution in [0.25, 0.3) is 28.0 Å². The highest BCUT2D eigenvalue weighted by molar-refractivity contribution is 5.94. The van der Waals surface area contributed by atoms with Crippen LogP contribution in [0.2, 0.25) is 0 Å². The molecule has 2 aromatic heterocycles. The number of benzene rings is 3. The maximum absolute atomic E-state index is 12.9. The Morgan fingerprint density at radius 3 is 2.55 bits per heavy atom.